The van der Waals surface area contributed by atoms with Gasteiger partial charge in [0.05, 0.1) is 46.2 Å². The summed E-state index contributed by atoms with van der Waals surface area (Å²) < 4.78 is 26.4. The molecule has 0 unspecified atom stereocenters. The molecule has 0 amide bonds. The lowest BCUT2D eigenvalue weighted by atomic mass is 10.1. The molecule has 0 atom stereocenters. The molecular formula is C17H34O6. The van der Waals surface area contributed by atoms with E-state index in [4.69, 9.17) is 23.7 Å². The first-order valence-corrected chi connectivity index (χ1v) is 8.63. The van der Waals surface area contributed by atoms with Crippen LogP contribution in [0.15, 0.2) is 0 Å². The molecule has 0 heterocycles. The molecule has 0 N–H and O–H groups in total. The van der Waals surface area contributed by atoms with Gasteiger partial charge in [0.15, 0.2) is 0 Å². The third-order valence-electron chi connectivity index (χ3n) is 2.93. The summed E-state index contributed by atoms with van der Waals surface area (Å²) in [5.41, 5.74) is 0. The zero-order valence-corrected chi connectivity index (χ0v) is 15.0. The zero-order valence-electron chi connectivity index (χ0n) is 15.0. The molecule has 0 spiro atoms. The van der Waals surface area contributed by atoms with Gasteiger partial charge in [-0.15, -0.1) is 0 Å². The summed E-state index contributed by atoms with van der Waals surface area (Å²) >= 11 is 0. The van der Waals surface area contributed by atoms with Crippen LogP contribution in [0.1, 0.15) is 40.0 Å². The Hall–Kier alpha value is -0.690. The fourth-order valence-electron chi connectivity index (χ4n) is 1.63. The summed E-state index contributed by atoms with van der Waals surface area (Å²) in [6.07, 6.45) is 2.17. The molecule has 0 bridgehead atoms. The van der Waals surface area contributed by atoms with E-state index in [1.54, 1.807) is 6.92 Å². The predicted molar refractivity (Wildman–Crippen MR) is 88.6 cm³/mol. The first-order valence-electron chi connectivity index (χ1n) is 8.63. The summed E-state index contributed by atoms with van der Waals surface area (Å²) in [5.74, 6) is 0.509. The number of esters is 1. The Bertz CT molecular complexity index is 257. The number of hydrogen-bond acceptors (Lipinski definition) is 6. The van der Waals surface area contributed by atoms with Gasteiger partial charge in [-0.1, -0.05) is 13.8 Å². The van der Waals surface area contributed by atoms with Crippen molar-refractivity contribution < 1.29 is 28.5 Å². The molecule has 0 radical (unpaired) electrons. The van der Waals surface area contributed by atoms with E-state index in [1.165, 1.54) is 0 Å². The highest BCUT2D eigenvalue weighted by atomic mass is 16.6. The summed E-state index contributed by atoms with van der Waals surface area (Å²) in [4.78, 5) is 11.1. The smallest absolute Gasteiger partial charge is 0.305 e. The molecule has 0 aliphatic rings. The van der Waals surface area contributed by atoms with Crippen LogP contribution in [0.2, 0.25) is 0 Å². The maximum atomic E-state index is 11.1. The van der Waals surface area contributed by atoms with Crippen molar-refractivity contribution in [3.8, 4) is 0 Å². The molecule has 0 aromatic heterocycles. The first-order chi connectivity index (χ1) is 11.2. The highest BCUT2D eigenvalue weighted by molar-refractivity contribution is 5.69. The van der Waals surface area contributed by atoms with Crippen molar-refractivity contribution in [2.45, 2.75) is 40.0 Å². The number of carbonyl (C=O) groups is 1. The predicted octanol–water partition coefficient (Wildman–Crippen LogP) is 2.44. The standard InChI is InChI=1S/C17H34O6/c1-4-23-17(18)6-5-8-19-10-12-21-14-15-22-13-11-20-9-7-16(2)3/h16H,4-15H2,1-3H3. The van der Waals surface area contributed by atoms with Crippen molar-refractivity contribution in [1.29, 1.82) is 0 Å². The van der Waals surface area contributed by atoms with Crippen molar-refractivity contribution in [2.24, 2.45) is 5.92 Å². The van der Waals surface area contributed by atoms with Crippen LogP contribution >= 0.6 is 0 Å². The van der Waals surface area contributed by atoms with Crippen molar-refractivity contribution in [3.05, 3.63) is 0 Å². The topological polar surface area (TPSA) is 63.2 Å². The molecule has 0 saturated heterocycles. The minimum atomic E-state index is -0.169. The van der Waals surface area contributed by atoms with Crippen molar-refractivity contribution in [2.75, 3.05) is 59.5 Å². The van der Waals surface area contributed by atoms with E-state index in [1.807, 2.05) is 0 Å². The maximum Gasteiger partial charge on any atom is 0.305 e. The molecule has 6 heteroatoms. The Labute approximate surface area is 140 Å². The number of ether oxygens (including phenoxy) is 5. The quantitative estimate of drug-likeness (QED) is 0.301. The number of carbonyl (C=O) groups excluding carboxylic acids is 1. The highest BCUT2D eigenvalue weighted by Gasteiger charge is 2.00. The number of rotatable bonds is 17. The molecular weight excluding hydrogens is 300 g/mol. The SMILES string of the molecule is CCOC(=O)CCCOCCOCCOCCOCCC(C)C. The second-order valence-corrected chi connectivity index (χ2v) is 5.54. The first kappa shape index (κ1) is 22.3. The lowest BCUT2D eigenvalue weighted by Crippen LogP contribution is -2.13. The van der Waals surface area contributed by atoms with Crippen LogP contribution in [-0.4, -0.2) is 65.4 Å². The van der Waals surface area contributed by atoms with Gasteiger partial charge in [0, 0.05) is 19.6 Å². The highest BCUT2D eigenvalue weighted by Crippen LogP contribution is 1.98. The molecule has 23 heavy (non-hydrogen) atoms. The summed E-state index contributed by atoms with van der Waals surface area (Å²) in [6, 6.07) is 0. The van der Waals surface area contributed by atoms with Gasteiger partial charge in [-0.05, 0) is 25.7 Å². The molecule has 0 saturated carbocycles. The summed E-state index contributed by atoms with van der Waals surface area (Å²) in [5, 5.41) is 0. The van der Waals surface area contributed by atoms with E-state index in [-0.39, 0.29) is 5.97 Å². The Morgan fingerprint density at radius 3 is 1.74 bits per heavy atom. The Balaban J connectivity index is 3.04. The Kier molecular flexibility index (Phi) is 17.1. The van der Waals surface area contributed by atoms with Crippen molar-refractivity contribution in [1.82, 2.24) is 0 Å². The van der Waals surface area contributed by atoms with E-state index in [2.05, 4.69) is 13.8 Å². The van der Waals surface area contributed by atoms with E-state index in [9.17, 15) is 4.79 Å². The molecule has 0 aromatic carbocycles. The second kappa shape index (κ2) is 17.7. The van der Waals surface area contributed by atoms with Crippen LogP contribution < -0.4 is 0 Å². The lowest BCUT2D eigenvalue weighted by molar-refractivity contribution is -0.143. The van der Waals surface area contributed by atoms with Gasteiger partial charge in [0.25, 0.3) is 0 Å². The summed E-state index contributed by atoms with van der Waals surface area (Å²) in [7, 11) is 0. The van der Waals surface area contributed by atoms with Gasteiger partial charge in [-0.25, -0.2) is 0 Å². The Morgan fingerprint density at radius 2 is 1.26 bits per heavy atom. The lowest BCUT2D eigenvalue weighted by Gasteiger charge is -2.08. The van der Waals surface area contributed by atoms with Crippen molar-refractivity contribution >= 4 is 5.97 Å². The molecule has 0 aliphatic heterocycles. The van der Waals surface area contributed by atoms with Gasteiger partial charge < -0.3 is 23.7 Å². The second-order valence-electron chi connectivity index (χ2n) is 5.54. The van der Waals surface area contributed by atoms with Crippen LogP contribution in [0.3, 0.4) is 0 Å². The van der Waals surface area contributed by atoms with Crippen LogP contribution in [0.5, 0.6) is 0 Å². The van der Waals surface area contributed by atoms with Gasteiger partial charge >= 0.3 is 5.97 Å². The van der Waals surface area contributed by atoms with E-state index in [0.29, 0.717) is 71.6 Å². The largest absolute Gasteiger partial charge is 0.466 e. The zero-order chi connectivity index (χ0) is 17.2. The van der Waals surface area contributed by atoms with Crippen LogP contribution in [0.25, 0.3) is 0 Å². The van der Waals surface area contributed by atoms with E-state index < -0.39 is 0 Å². The molecule has 6 nitrogen and oxygen atoms in total. The van der Waals surface area contributed by atoms with Crippen molar-refractivity contribution in [3.63, 3.8) is 0 Å². The fraction of sp³-hybridized carbons (Fsp3) is 0.941. The normalized spacial score (nSPS) is 11.1. The van der Waals surface area contributed by atoms with Gasteiger partial charge in [-0.3, -0.25) is 4.79 Å². The van der Waals surface area contributed by atoms with E-state index in [0.717, 1.165) is 13.0 Å². The van der Waals surface area contributed by atoms with Crippen LogP contribution in [0.4, 0.5) is 0 Å². The average Bonchev–Trinajstić information content (AvgIpc) is 2.51. The third-order valence-corrected chi connectivity index (χ3v) is 2.93. The minimum absolute atomic E-state index is 0.169. The molecule has 0 aromatic rings. The molecule has 0 aliphatic carbocycles. The van der Waals surface area contributed by atoms with Crippen LogP contribution in [0, 0.1) is 5.92 Å². The molecule has 0 rings (SSSR count). The Morgan fingerprint density at radius 1 is 0.783 bits per heavy atom. The summed E-state index contributed by atoms with van der Waals surface area (Å²) in [6.45, 7) is 11.4. The maximum absolute atomic E-state index is 11.1. The fourth-order valence-corrected chi connectivity index (χ4v) is 1.63. The van der Waals surface area contributed by atoms with Crippen LogP contribution in [-0.2, 0) is 28.5 Å². The van der Waals surface area contributed by atoms with Gasteiger partial charge in [0.1, 0.15) is 0 Å². The molecule has 138 valence electrons. The molecule has 0 fully saturated rings. The van der Waals surface area contributed by atoms with Gasteiger partial charge in [-0.2, -0.15) is 0 Å². The average molecular weight is 334 g/mol. The monoisotopic (exact) mass is 334 g/mol. The number of hydrogen-bond donors (Lipinski definition) is 0. The van der Waals surface area contributed by atoms with E-state index >= 15 is 0 Å². The van der Waals surface area contributed by atoms with Gasteiger partial charge in [0.2, 0.25) is 0 Å². The third kappa shape index (κ3) is 19.3. The minimum Gasteiger partial charge on any atom is -0.466 e.